The fraction of sp³-hybridized carbons (Fsp3) is 0.360. The lowest BCUT2D eigenvalue weighted by atomic mass is 9.86. The Morgan fingerprint density at radius 3 is 2.37 bits per heavy atom. The van der Waals surface area contributed by atoms with Crippen LogP contribution in [0.4, 0.5) is 0 Å². The summed E-state index contributed by atoms with van der Waals surface area (Å²) in [7, 11) is 0. The summed E-state index contributed by atoms with van der Waals surface area (Å²) in [4.78, 5) is 14.0. The van der Waals surface area contributed by atoms with E-state index in [1.165, 1.54) is 5.56 Å². The maximum absolute atomic E-state index is 13.0. The van der Waals surface area contributed by atoms with Crippen molar-refractivity contribution >= 4 is 17.7 Å². The van der Waals surface area contributed by atoms with Crippen LogP contribution in [0.15, 0.2) is 57.9 Å². The summed E-state index contributed by atoms with van der Waals surface area (Å²) in [6, 6.07) is 16.1. The summed E-state index contributed by atoms with van der Waals surface area (Å²) < 4.78 is 5.25. The number of nitrogens with one attached hydrogen (secondary N) is 1. The van der Waals surface area contributed by atoms with Gasteiger partial charge in [-0.15, -0.1) is 11.8 Å². The lowest BCUT2D eigenvalue weighted by molar-refractivity contribution is 0.0937. The number of nitrogens with zero attached hydrogens (tertiary/aromatic N) is 1. The molecular formula is C25H30N2O2S. The number of amides is 1. The van der Waals surface area contributed by atoms with Crippen LogP contribution in [-0.4, -0.2) is 11.1 Å². The molecule has 0 saturated carbocycles. The molecule has 1 atom stereocenters. The van der Waals surface area contributed by atoms with E-state index in [1.54, 1.807) is 11.8 Å². The highest BCUT2D eigenvalue weighted by atomic mass is 32.2. The first-order chi connectivity index (χ1) is 14.2. The highest BCUT2D eigenvalue weighted by Gasteiger charge is 2.18. The Bertz CT molecular complexity index is 997. The summed E-state index contributed by atoms with van der Waals surface area (Å²) in [6.07, 6.45) is 0. The Labute approximate surface area is 183 Å². The predicted octanol–water partition coefficient (Wildman–Crippen LogP) is 6.37. The zero-order chi connectivity index (χ0) is 21.9. The molecule has 5 heteroatoms. The van der Waals surface area contributed by atoms with E-state index in [-0.39, 0.29) is 17.4 Å². The third-order valence-electron chi connectivity index (χ3n) is 5.31. The third kappa shape index (κ3) is 5.14. The summed E-state index contributed by atoms with van der Waals surface area (Å²) in [5.41, 5.74) is 5.16. The molecule has 0 aliphatic rings. The Kier molecular flexibility index (Phi) is 6.71. The molecule has 0 bridgehead atoms. The number of aryl methyl sites for hydroxylation is 2. The summed E-state index contributed by atoms with van der Waals surface area (Å²) >= 11 is 1.63. The lowest BCUT2D eigenvalue weighted by Gasteiger charge is -2.21. The number of benzene rings is 2. The monoisotopic (exact) mass is 422 g/mol. The van der Waals surface area contributed by atoms with Crippen molar-refractivity contribution in [2.75, 3.05) is 0 Å². The Hall–Kier alpha value is -2.53. The van der Waals surface area contributed by atoms with Crippen LogP contribution in [0.1, 0.15) is 72.2 Å². The molecule has 1 heterocycles. The molecule has 4 nitrogen and oxygen atoms in total. The van der Waals surface area contributed by atoms with Crippen molar-refractivity contribution in [3.8, 4) is 0 Å². The molecular weight excluding hydrogens is 392 g/mol. The summed E-state index contributed by atoms with van der Waals surface area (Å²) in [5.74, 6) is 1.48. The molecule has 1 unspecified atom stereocenters. The maximum Gasteiger partial charge on any atom is 0.252 e. The van der Waals surface area contributed by atoms with Crippen LogP contribution in [0, 0.1) is 13.8 Å². The Morgan fingerprint density at radius 1 is 1.10 bits per heavy atom. The summed E-state index contributed by atoms with van der Waals surface area (Å²) in [5, 5.41) is 7.16. The zero-order valence-electron chi connectivity index (χ0n) is 18.6. The fourth-order valence-corrected chi connectivity index (χ4v) is 4.47. The normalized spacial score (nSPS) is 12.6. The second-order valence-corrected chi connectivity index (χ2v) is 9.67. The molecule has 1 N–H and O–H groups in total. The predicted molar refractivity (Wildman–Crippen MR) is 123 cm³/mol. The third-order valence-corrected chi connectivity index (χ3v) is 6.41. The minimum atomic E-state index is -0.0767. The van der Waals surface area contributed by atoms with Crippen molar-refractivity contribution in [3.05, 3.63) is 82.2 Å². The fourth-order valence-electron chi connectivity index (χ4n) is 3.27. The number of carbonyl (C=O) groups excluding carboxylic acids is 1. The van der Waals surface area contributed by atoms with Crippen LogP contribution in [0.3, 0.4) is 0 Å². The molecule has 0 aliphatic carbocycles. The lowest BCUT2D eigenvalue weighted by Crippen LogP contribution is -2.27. The van der Waals surface area contributed by atoms with Gasteiger partial charge in [-0.25, -0.2) is 0 Å². The molecule has 0 fully saturated rings. The molecule has 1 aromatic heterocycles. The first kappa shape index (κ1) is 22.2. The Balaban J connectivity index is 1.71. The smallest absolute Gasteiger partial charge is 0.252 e. The van der Waals surface area contributed by atoms with Gasteiger partial charge >= 0.3 is 0 Å². The van der Waals surface area contributed by atoms with E-state index in [0.29, 0.717) is 5.56 Å². The zero-order valence-corrected chi connectivity index (χ0v) is 19.4. The van der Waals surface area contributed by atoms with Crippen LogP contribution in [0.2, 0.25) is 0 Å². The number of hydrogen-bond acceptors (Lipinski definition) is 4. The molecule has 1 amide bonds. The highest BCUT2D eigenvalue weighted by molar-refractivity contribution is 7.98. The number of thioether (sulfide) groups is 1. The van der Waals surface area contributed by atoms with E-state index in [2.05, 4.69) is 55.5 Å². The van der Waals surface area contributed by atoms with Crippen LogP contribution < -0.4 is 5.32 Å². The number of rotatable bonds is 6. The average molecular weight is 423 g/mol. The topological polar surface area (TPSA) is 55.1 Å². The minimum absolute atomic E-state index is 0.0655. The number of carbonyl (C=O) groups is 1. The van der Waals surface area contributed by atoms with Crippen molar-refractivity contribution in [2.45, 2.75) is 63.6 Å². The van der Waals surface area contributed by atoms with Gasteiger partial charge in [0, 0.05) is 16.2 Å². The average Bonchev–Trinajstić information content (AvgIpc) is 3.03. The van der Waals surface area contributed by atoms with Crippen LogP contribution in [-0.2, 0) is 11.2 Å². The molecule has 3 rings (SSSR count). The van der Waals surface area contributed by atoms with Gasteiger partial charge in [-0.05, 0) is 49.4 Å². The largest absolute Gasteiger partial charge is 0.361 e. The number of hydrogen-bond donors (Lipinski definition) is 1. The first-order valence-corrected chi connectivity index (χ1v) is 11.2. The van der Waals surface area contributed by atoms with Crippen molar-refractivity contribution in [1.82, 2.24) is 10.5 Å². The van der Waals surface area contributed by atoms with Gasteiger partial charge in [0.2, 0.25) is 0 Å². The molecule has 2 aromatic carbocycles. The number of aromatic nitrogens is 1. The van der Waals surface area contributed by atoms with E-state index in [1.807, 2.05) is 45.0 Å². The molecule has 30 heavy (non-hydrogen) atoms. The quantitative estimate of drug-likeness (QED) is 0.469. The van der Waals surface area contributed by atoms with Gasteiger partial charge < -0.3 is 9.84 Å². The molecule has 3 aromatic rings. The van der Waals surface area contributed by atoms with Crippen LogP contribution >= 0.6 is 11.8 Å². The van der Waals surface area contributed by atoms with E-state index in [0.717, 1.165) is 33.2 Å². The van der Waals surface area contributed by atoms with Crippen LogP contribution in [0.5, 0.6) is 0 Å². The van der Waals surface area contributed by atoms with Crippen molar-refractivity contribution in [2.24, 2.45) is 0 Å². The van der Waals surface area contributed by atoms with E-state index < -0.39 is 0 Å². The van der Waals surface area contributed by atoms with Crippen molar-refractivity contribution < 1.29 is 9.32 Å². The summed E-state index contributed by atoms with van der Waals surface area (Å²) in [6.45, 7) is 12.5. The van der Waals surface area contributed by atoms with Gasteiger partial charge in [0.1, 0.15) is 5.76 Å². The molecule has 0 radical (unpaired) electrons. The molecule has 158 valence electrons. The van der Waals surface area contributed by atoms with Crippen molar-refractivity contribution in [1.29, 1.82) is 0 Å². The molecule has 0 spiro atoms. The van der Waals surface area contributed by atoms with Gasteiger partial charge in [-0.3, -0.25) is 4.79 Å². The second kappa shape index (κ2) is 9.09. The van der Waals surface area contributed by atoms with Gasteiger partial charge in [0.15, 0.2) is 0 Å². The first-order valence-electron chi connectivity index (χ1n) is 10.2. The van der Waals surface area contributed by atoms with E-state index >= 15 is 0 Å². The molecule has 0 aliphatic heterocycles. The van der Waals surface area contributed by atoms with Crippen molar-refractivity contribution in [3.63, 3.8) is 0 Å². The maximum atomic E-state index is 13.0. The van der Waals surface area contributed by atoms with Gasteiger partial charge in [-0.2, -0.15) is 0 Å². The van der Waals surface area contributed by atoms with E-state index in [9.17, 15) is 4.79 Å². The standard InChI is InChI=1S/C25H30N2O2S/c1-16(19-11-13-20(14-12-19)25(4,5)6)26-24(28)21-9-7-8-10-23(21)30-15-22-17(2)27-29-18(22)3/h7-14,16H,15H2,1-6H3,(H,26,28). The Morgan fingerprint density at radius 2 is 1.77 bits per heavy atom. The molecule has 0 saturated heterocycles. The van der Waals surface area contributed by atoms with Gasteiger partial charge in [0.05, 0.1) is 17.3 Å². The van der Waals surface area contributed by atoms with Gasteiger partial charge in [0.25, 0.3) is 5.91 Å². The van der Waals surface area contributed by atoms with Gasteiger partial charge in [-0.1, -0.05) is 62.3 Å². The SMILES string of the molecule is Cc1noc(C)c1CSc1ccccc1C(=O)NC(C)c1ccc(C(C)(C)C)cc1. The minimum Gasteiger partial charge on any atom is -0.361 e. The highest BCUT2D eigenvalue weighted by Crippen LogP contribution is 2.29. The van der Waals surface area contributed by atoms with E-state index in [4.69, 9.17) is 4.52 Å². The second-order valence-electron chi connectivity index (χ2n) is 8.65. The van der Waals surface area contributed by atoms with Crippen LogP contribution in [0.25, 0.3) is 0 Å².